The molecule has 1 saturated carbocycles. The summed E-state index contributed by atoms with van der Waals surface area (Å²) in [7, 11) is 0. The van der Waals surface area contributed by atoms with E-state index in [-0.39, 0.29) is 29.3 Å². The van der Waals surface area contributed by atoms with Crippen LogP contribution in [0.15, 0.2) is 22.0 Å². The number of alkyl halides is 3. The molecule has 3 heterocycles. The third-order valence-corrected chi connectivity index (χ3v) is 6.28. The van der Waals surface area contributed by atoms with E-state index < -0.39 is 12.3 Å². The molecule has 1 spiro atoms. The van der Waals surface area contributed by atoms with E-state index in [1.807, 2.05) is 13.0 Å². The first-order valence-electron chi connectivity index (χ1n) is 9.46. The van der Waals surface area contributed by atoms with E-state index in [0.29, 0.717) is 13.0 Å². The van der Waals surface area contributed by atoms with Crippen LogP contribution in [0.1, 0.15) is 51.9 Å². The lowest BCUT2D eigenvalue weighted by molar-refractivity contribution is -0.916. The summed E-state index contributed by atoms with van der Waals surface area (Å²) in [6.45, 7) is 2.66. The minimum atomic E-state index is -4.34. The molecule has 144 valence electrons. The van der Waals surface area contributed by atoms with Crippen LogP contribution >= 0.6 is 0 Å². The Hall–Kier alpha value is -1.41. The third-order valence-electron chi connectivity index (χ3n) is 6.28. The SMILES string of the molecule is CC[N+]1(C2CCOC(C(F)(F)F)C2)N=CC=C1C1=NOC2(CCCC2)C1. The molecule has 4 rings (SSSR count). The van der Waals surface area contributed by atoms with Gasteiger partial charge >= 0.3 is 6.18 Å². The Kier molecular flexibility index (Phi) is 4.38. The molecular formula is C18H25F3N3O2+. The summed E-state index contributed by atoms with van der Waals surface area (Å²) < 4.78 is 44.8. The smallest absolute Gasteiger partial charge is 0.388 e. The van der Waals surface area contributed by atoms with E-state index >= 15 is 0 Å². The van der Waals surface area contributed by atoms with Gasteiger partial charge < -0.3 is 9.57 Å². The topological polar surface area (TPSA) is 43.2 Å². The molecule has 0 aromatic heterocycles. The number of quaternary nitrogens is 1. The quantitative estimate of drug-likeness (QED) is 0.705. The summed E-state index contributed by atoms with van der Waals surface area (Å²) in [6.07, 6.45) is 3.01. The van der Waals surface area contributed by atoms with E-state index in [1.165, 1.54) is 0 Å². The van der Waals surface area contributed by atoms with Gasteiger partial charge in [-0.25, -0.2) is 0 Å². The lowest BCUT2D eigenvalue weighted by atomic mass is 9.92. The van der Waals surface area contributed by atoms with Crippen molar-refractivity contribution in [2.24, 2.45) is 10.3 Å². The van der Waals surface area contributed by atoms with Crippen LogP contribution in [0.3, 0.4) is 0 Å². The molecule has 1 saturated heterocycles. The van der Waals surface area contributed by atoms with Crippen molar-refractivity contribution in [2.75, 3.05) is 13.2 Å². The fraction of sp³-hybridized carbons (Fsp3) is 0.778. The molecule has 26 heavy (non-hydrogen) atoms. The van der Waals surface area contributed by atoms with Gasteiger partial charge in [-0.1, -0.05) is 10.3 Å². The molecule has 0 amide bonds. The predicted molar refractivity (Wildman–Crippen MR) is 90.5 cm³/mol. The van der Waals surface area contributed by atoms with Crippen molar-refractivity contribution in [3.8, 4) is 0 Å². The number of allylic oxidation sites excluding steroid dienone is 2. The molecular weight excluding hydrogens is 347 g/mol. The number of rotatable bonds is 3. The first-order chi connectivity index (χ1) is 12.4. The van der Waals surface area contributed by atoms with Gasteiger partial charge in [0.25, 0.3) is 0 Å². The highest BCUT2D eigenvalue weighted by Crippen LogP contribution is 2.44. The van der Waals surface area contributed by atoms with E-state index in [4.69, 9.17) is 9.57 Å². The lowest BCUT2D eigenvalue weighted by Crippen LogP contribution is -2.55. The molecule has 0 aromatic carbocycles. The minimum Gasteiger partial charge on any atom is -0.388 e. The van der Waals surface area contributed by atoms with Gasteiger partial charge in [0, 0.05) is 25.3 Å². The Morgan fingerprint density at radius 3 is 2.77 bits per heavy atom. The lowest BCUT2D eigenvalue weighted by Gasteiger charge is -2.41. The first-order valence-corrected chi connectivity index (χ1v) is 9.46. The van der Waals surface area contributed by atoms with Crippen LogP contribution in [0, 0.1) is 0 Å². The van der Waals surface area contributed by atoms with E-state index in [2.05, 4.69) is 10.3 Å². The normalized spacial score (nSPS) is 36.3. The molecule has 4 aliphatic rings. The maximum absolute atomic E-state index is 13.2. The van der Waals surface area contributed by atoms with E-state index in [0.717, 1.165) is 43.5 Å². The highest BCUT2D eigenvalue weighted by Gasteiger charge is 2.54. The van der Waals surface area contributed by atoms with Gasteiger partial charge in [0.05, 0.1) is 12.8 Å². The van der Waals surface area contributed by atoms with Crippen molar-refractivity contribution >= 4 is 11.9 Å². The molecule has 0 radical (unpaired) electrons. The van der Waals surface area contributed by atoms with Crippen molar-refractivity contribution in [2.45, 2.75) is 75.8 Å². The van der Waals surface area contributed by atoms with Crippen molar-refractivity contribution in [3.63, 3.8) is 0 Å². The number of halogens is 3. The zero-order valence-corrected chi connectivity index (χ0v) is 15.0. The van der Waals surface area contributed by atoms with Gasteiger partial charge in [-0.2, -0.15) is 17.8 Å². The van der Waals surface area contributed by atoms with Crippen LogP contribution in [0.5, 0.6) is 0 Å². The first kappa shape index (κ1) is 18.0. The van der Waals surface area contributed by atoms with E-state index in [9.17, 15) is 13.2 Å². The average Bonchev–Trinajstić information content (AvgIpc) is 3.35. The Balaban J connectivity index is 1.57. The van der Waals surface area contributed by atoms with Crippen molar-refractivity contribution in [3.05, 3.63) is 11.8 Å². The Labute approximate surface area is 151 Å². The average molecular weight is 372 g/mol. The monoisotopic (exact) mass is 372 g/mol. The molecule has 2 fully saturated rings. The maximum atomic E-state index is 13.2. The minimum absolute atomic E-state index is 0.0781. The zero-order valence-electron chi connectivity index (χ0n) is 15.0. The third kappa shape index (κ3) is 2.87. The van der Waals surface area contributed by atoms with Crippen LogP contribution in [0.4, 0.5) is 13.2 Å². The Bertz CT molecular complexity index is 653. The van der Waals surface area contributed by atoms with Crippen molar-refractivity contribution < 1.29 is 27.3 Å². The number of ether oxygens (including phenoxy) is 1. The Morgan fingerprint density at radius 2 is 2.08 bits per heavy atom. The number of nitrogens with zero attached hydrogens (tertiary/aromatic N) is 3. The van der Waals surface area contributed by atoms with Gasteiger partial charge in [0.2, 0.25) is 0 Å². The highest BCUT2D eigenvalue weighted by molar-refractivity contribution is 6.03. The zero-order chi connectivity index (χ0) is 18.4. The summed E-state index contributed by atoms with van der Waals surface area (Å²) >= 11 is 0. The van der Waals surface area contributed by atoms with Gasteiger partial charge in [-0.3, -0.25) is 0 Å². The van der Waals surface area contributed by atoms with Gasteiger partial charge in [0.1, 0.15) is 23.9 Å². The van der Waals surface area contributed by atoms with Crippen LogP contribution in [0.25, 0.3) is 0 Å². The summed E-state index contributed by atoms with van der Waals surface area (Å²) in [5.74, 6) is 0. The highest BCUT2D eigenvalue weighted by atomic mass is 19.4. The van der Waals surface area contributed by atoms with Gasteiger partial charge in [0.15, 0.2) is 11.8 Å². The van der Waals surface area contributed by atoms with Crippen LogP contribution in [0.2, 0.25) is 0 Å². The second-order valence-corrected chi connectivity index (χ2v) is 7.73. The van der Waals surface area contributed by atoms with Crippen molar-refractivity contribution in [1.29, 1.82) is 0 Å². The van der Waals surface area contributed by atoms with Crippen LogP contribution < -0.4 is 0 Å². The molecule has 0 N–H and O–H groups in total. The molecule has 1 aliphatic carbocycles. The van der Waals surface area contributed by atoms with Crippen LogP contribution in [-0.2, 0) is 9.57 Å². The predicted octanol–water partition coefficient (Wildman–Crippen LogP) is 3.91. The Morgan fingerprint density at radius 1 is 1.31 bits per heavy atom. The molecule has 0 aromatic rings. The molecule has 0 bridgehead atoms. The van der Waals surface area contributed by atoms with Crippen LogP contribution in [-0.4, -0.2) is 53.6 Å². The number of hydrogen-bond donors (Lipinski definition) is 0. The summed E-state index contributed by atoms with van der Waals surface area (Å²) in [4.78, 5) is 5.80. The van der Waals surface area contributed by atoms with Crippen molar-refractivity contribution in [1.82, 2.24) is 0 Å². The fourth-order valence-electron chi connectivity index (χ4n) is 4.88. The van der Waals surface area contributed by atoms with Gasteiger partial charge in [-0.05, 0) is 32.6 Å². The number of hydrogen-bond acceptors (Lipinski definition) is 4. The molecule has 8 heteroatoms. The van der Waals surface area contributed by atoms with Gasteiger partial charge in [-0.15, -0.1) is 0 Å². The second kappa shape index (κ2) is 6.34. The molecule has 5 nitrogen and oxygen atoms in total. The molecule has 3 unspecified atom stereocenters. The summed E-state index contributed by atoms with van der Waals surface area (Å²) in [5, 5.41) is 8.99. The maximum Gasteiger partial charge on any atom is 0.414 e. The second-order valence-electron chi connectivity index (χ2n) is 7.73. The summed E-state index contributed by atoms with van der Waals surface area (Å²) in [6, 6.07) is -0.270. The standard InChI is InChI=1S/C18H25F3N3O2/c1-2-24(13-6-10-25-16(11-13)18(19,20)21)15(5-9-22-24)14-12-17(26-23-14)7-3-4-8-17/h5,9,13,16H,2-4,6-8,10-12H2,1H3/q+1. The largest absolute Gasteiger partial charge is 0.414 e. The molecule has 3 aliphatic heterocycles. The number of oxime groups is 1. The van der Waals surface area contributed by atoms with E-state index in [1.54, 1.807) is 6.21 Å². The molecule has 3 atom stereocenters. The fourth-order valence-corrected chi connectivity index (χ4v) is 4.88. The summed E-state index contributed by atoms with van der Waals surface area (Å²) in [5.41, 5.74) is 1.54.